The molecule has 0 spiro atoms. The maximum atomic E-state index is 11.7. The van der Waals surface area contributed by atoms with Gasteiger partial charge in [0, 0.05) is 0 Å². The molecular formula is C19H29BO6. The Hall–Kier alpha value is -1.57. The zero-order valence-corrected chi connectivity index (χ0v) is 16.7. The third-order valence-corrected chi connectivity index (χ3v) is 4.49. The first-order valence-electron chi connectivity index (χ1n) is 8.80. The molecule has 0 radical (unpaired) electrons. The van der Waals surface area contributed by atoms with Crippen LogP contribution in [-0.2, 0) is 18.8 Å². The van der Waals surface area contributed by atoms with Crippen LogP contribution in [0.4, 0.5) is 0 Å². The number of esters is 1. The van der Waals surface area contributed by atoms with E-state index in [2.05, 4.69) is 0 Å². The molecule has 0 saturated carbocycles. The topological polar surface area (TPSA) is 74.2 Å². The first-order chi connectivity index (χ1) is 11.8. The third kappa shape index (κ3) is 4.99. The Morgan fingerprint density at radius 3 is 2.08 bits per heavy atom. The van der Waals surface area contributed by atoms with Gasteiger partial charge in [-0.05, 0) is 66.1 Å². The van der Waals surface area contributed by atoms with Crippen molar-refractivity contribution in [1.29, 1.82) is 0 Å². The average molecular weight is 364 g/mol. The standard InChI is InChI=1S/C19H29BO6/c1-17(2,3)24-16(22)15(21)12-23-14-10-8-13(9-11-14)20-25-18(4,5)19(6,7)26-20/h8-11,15,21H,12H2,1-7H3/t15-/m1/s1. The van der Waals surface area contributed by atoms with Crippen LogP contribution in [-0.4, -0.2) is 47.7 Å². The first-order valence-corrected chi connectivity index (χ1v) is 8.80. The number of rotatable bonds is 5. The maximum Gasteiger partial charge on any atom is 0.494 e. The predicted molar refractivity (Wildman–Crippen MR) is 99.5 cm³/mol. The molecular weight excluding hydrogens is 335 g/mol. The van der Waals surface area contributed by atoms with Gasteiger partial charge in [0.05, 0.1) is 11.2 Å². The van der Waals surface area contributed by atoms with Crippen LogP contribution in [0.3, 0.4) is 0 Å². The summed E-state index contributed by atoms with van der Waals surface area (Å²) in [4.78, 5) is 11.7. The van der Waals surface area contributed by atoms with Crippen LogP contribution in [0.15, 0.2) is 24.3 Å². The van der Waals surface area contributed by atoms with Crippen LogP contribution in [0.1, 0.15) is 48.5 Å². The highest BCUT2D eigenvalue weighted by molar-refractivity contribution is 6.62. The summed E-state index contributed by atoms with van der Waals surface area (Å²) in [7, 11) is -0.443. The first kappa shape index (κ1) is 20.7. The van der Waals surface area contributed by atoms with E-state index in [0.29, 0.717) is 5.75 Å². The second-order valence-corrected chi connectivity index (χ2v) is 8.52. The van der Waals surface area contributed by atoms with Gasteiger partial charge in [0.15, 0.2) is 6.10 Å². The number of benzene rings is 1. The molecule has 1 fully saturated rings. The molecule has 1 aromatic carbocycles. The molecule has 26 heavy (non-hydrogen) atoms. The van der Waals surface area contributed by atoms with Crippen molar-refractivity contribution in [3.05, 3.63) is 24.3 Å². The van der Waals surface area contributed by atoms with Gasteiger partial charge in [-0.2, -0.15) is 0 Å². The molecule has 0 unspecified atom stereocenters. The predicted octanol–water partition coefficient (Wildman–Crippen LogP) is 2.07. The highest BCUT2D eigenvalue weighted by atomic mass is 16.7. The molecule has 1 N–H and O–H groups in total. The van der Waals surface area contributed by atoms with Crippen molar-refractivity contribution >= 4 is 18.6 Å². The van der Waals surface area contributed by atoms with Gasteiger partial charge in [-0.1, -0.05) is 12.1 Å². The van der Waals surface area contributed by atoms with E-state index in [9.17, 15) is 9.90 Å². The number of ether oxygens (including phenoxy) is 2. The zero-order chi connectivity index (χ0) is 19.8. The van der Waals surface area contributed by atoms with E-state index in [4.69, 9.17) is 18.8 Å². The van der Waals surface area contributed by atoms with Gasteiger partial charge >= 0.3 is 13.1 Å². The van der Waals surface area contributed by atoms with Crippen LogP contribution < -0.4 is 10.2 Å². The number of aliphatic hydroxyl groups excluding tert-OH is 1. The second kappa shape index (κ2) is 7.21. The minimum Gasteiger partial charge on any atom is -0.490 e. The van der Waals surface area contributed by atoms with E-state index in [-0.39, 0.29) is 6.61 Å². The molecule has 1 aliphatic rings. The Bertz CT molecular complexity index is 616. The van der Waals surface area contributed by atoms with Crippen LogP contribution in [0.2, 0.25) is 0 Å². The summed E-state index contributed by atoms with van der Waals surface area (Å²) < 4.78 is 22.6. The summed E-state index contributed by atoms with van der Waals surface area (Å²) in [6.45, 7) is 13.1. The quantitative estimate of drug-likeness (QED) is 0.637. The Morgan fingerprint density at radius 1 is 1.12 bits per heavy atom. The molecule has 6 nitrogen and oxygen atoms in total. The van der Waals surface area contributed by atoms with E-state index in [1.54, 1.807) is 32.9 Å². The highest BCUT2D eigenvalue weighted by Crippen LogP contribution is 2.36. The molecule has 1 aliphatic heterocycles. The average Bonchev–Trinajstić information content (AvgIpc) is 2.72. The number of hydrogen-bond donors (Lipinski definition) is 1. The lowest BCUT2D eigenvalue weighted by Gasteiger charge is -2.32. The van der Waals surface area contributed by atoms with Crippen molar-refractivity contribution in [3.63, 3.8) is 0 Å². The smallest absolute Gasteiger partial charge is 0.490 e. The SMILES string of the molecule is CC(C)(C)OC(=O)[C@H](O)COc1ccc(B2OC(C)(C)C(C)(C)O2)cc1. The van der Waals surface area contributed by atoms with Gasteiger partial charge < -0.3 is 23.9 Å². The molecule has 0 bridgehead atoms. The minimum atomic E-state index is -1.34. The fourth-order valence-corrected chi connectivity index (χ4v) is 2.31. The molecule has 1 heterocycles. The lowest BCUT2D eigenvalue weighted by molar-refractivity contribution is -0.166. The van der Waals surface area contributed by atoms with Crippen LogP contribution in [0, 0.1) is 0 Å². The minimum absolute atomic E-state index is 0.176. The van der Waals surface area contributed by atoms with Gasteiger partial charge in [-0.25, -0.2) is 4.79 Å². The molecule has 0 amide bonds. The molecule has 144 valence electrons. The van der Waals surface area contributed by atoms with Gasteiger partial charge in [-0.3, -0.25) is 0 Å². The van der Waals surface area contributed by atoms with Crippen LogP contribution in [0.25, 0.3) is 0 Å². The molecule has 0 aliphatic carbocycles. The molecule has 1 saturated heterocycles. The summed E-state index contributed by atoms with van der Waals surface area (Å²) in [6.07, 6.45) is -1.34. The molecule has 1 aromatic rings. The van der Waals surface area contributed by atoms with E-state index >= 15 is 0 Å². The van der Waals surface area contributed by atoms with E-state index in [0.717, 1.165) is 5.46 Å². The lowest BCUT2D eigenvalue weighted by Crippen LogP contribution is -2.41. The normalized spacial score (nSPS) is 19.9. The van der Waals surface area contributed by atoms with E-state index < -0.39 is 36.0 Å². The summed E-state index contributed by atoms with van der Waals surface area (Å²) >= 11 is 0. The Balaban J connectivity index is 1.91. The number of carbonyl (C=O) groups is 1. The highest BCUT2D eigenvalue weighted by Gasteiger charge is 2.51. The number of aliphatic hydroxyl groups is 1. The van der Waals surface area contributed by atoms with Crippen molar-refractivity contribution in [2.45, 2.75) is 71.4 Å². The van der Waals surface area contributed by atoms with Crippen LogP contribution >= 0.6 is 0 Å². The van der Waals surface area contributed by atoms with E-state index in [1.807, 2.05) is 39.8 Å². The lowest BCUT2D eigenvalue weighted by atomic mass is 9.79. The Kier molecular flexibility index (Phi) is 5.76. The maximum absolute atomic E-state index is 11.7. The zero-order valence-electron chi connectivity index (χ0n) is 16.7. The summed E-state index contributed by atoms with van der Waals surface area (Å²) in [5, 5.41) is 9.85. The molecule has 2 rings (SSSR count). The van der Waals surface area contributed by atoms with Crippen molar-refractivity contribution in [2.24, 2.45) is 0 Å². The van der Waals surface area contributed by atoms with Crippen molar-refractivity contribution in [1.82, 2.24) is 0 Å². The van der Waals surface area contributed by atoms with Gasteiger partial charge in [-0.15, -0.1) is 0 Å². The Labute approximate surface area is 155 Å². The third-order valence-electron chi connectivity index (χ3n) is 4.49. The summed E-state index contributed by atoms with van der Waals surface area (Å²) in [5.41, 5.74) is -0.569. The second-order valence-electron chi connectivity index (χ2n) is 8.52. The van der Waals surface area contributed by atoms with Crippen LogP contribution in [0.5, 0.6) is 5.75 Å². The van der Waals surface area contributed by atoms with Crippen molar-refractivity contribution in [2.75, 3.05) is 6.61 Å². The van der Waals surface area contributed by atoms with Gasteiger partial charge in [0.25, 0.3) is 0 Å². The fraction of sp³-hybridized carbons (Fsp3) is 0.632. The van der Waals surface area contributed by atoms with Gasteiger partial charge in [0.2, 0.25) is 0 Å². The number of hydrogen-bond acceptors (Lipinski definition) is 6. The van der Waals surface area contributed by atoms with Crippen molar-refractivity contribution in [3.8, 4) is 5.75 Å². The molecule has 1 atom stereocenters. The number of carbonyl (C=O) groups excluding carboxylic acids is 1. The summed E-state index contributed by atoms with van der Waals surface area (Å²) in [6, 6.07) is 7.19. The summed E-state index contributed by atoms with van der Waals surface area (Å²) in [5.74, 6) is -0.167. The van der Waals surface area contributed by atoms with Crippen molar-refractivity contribution < 1.29 is 28.7 Å². The van der Waals surface area contributed by atoms with E-state index in [1.165, 1.54) is 0 Å². The molecule has 0 aromatic heterocycles. The molecule has 7 heteroatoms. The monoisotopic (exact) mass is 364 g/mol. The Morgan fingerprint density at radius 2 is 1.62 bits per heavy atom. The fourth-order valence-electron chi connectivity index (χ4n) is 2.31. The largest absolute Gasteiger partial charge is 0.494 e. The van der Waals surface area contributed by atoms with Gasteiger partial charge in [0.1, 0.15) is 18.0 Å².